The van der Waals surface area contributed by atoms with Gasteiger partial charge < -0.3 is 10.8 Å². The molecule has 0 aliphatic heterocycles. The van der Waals surface area contributed by atoms with Crippen molar-refractivity contribution in [1.82, 2.24) is 0 Å². The molecule has 1 fully saturated rings. The summed E-state index contributed by atoms with van der Waals surface area (Å²) in [6, 6.07) is 0.398. The molecule has 0 heterocycles. The number of rotatable bonds is 2. The van der Waals surface area contributed by atoms with Gasteiger partial charge in [0.2, 0.25) is 0 Å². The predicted octanol–water partition coefficient (Wildman–Crippen LogP) is 2.05. The summed E-state index contributed by atoms with van der Waals surface area (Å²) in [5.74, 6) is 0. The molecular formula is C10H23NO. The van der Waals surface area contributed by atoms with Gasteiger partial charge in [0.05, 0.1) is 6.10 Å². The van der Waals surface area contributed by atoms with Gasteiger partial charge in [0.1, 0.15) is 0 Å². The van der Waals surface area contributed by atoms with Crippen LogP contribution in [0.15, 0.2) is 0 Å². The third-order valence-corrected chi connectivity index (χ3v) is 2.07. The molecule has 0 aromatic carbocycles. The van der Waals surface area contributed by atoms with Crippen LogP contribution in [-0.2, 0) is 0 Å². The summed E-state index contributed by atoms with van der Waals surface area (Å²) in [4.78, 5) is 0. The van der Waals surface area contributed by atoms with E-state index in [1.807, 2.05) is 6.92 Å². The lowest BCUT2D eigenvalue weighted by atomic mass is 10.2. The Kier molecular flexibility index (Phi) is 7.51. The van der Waals surface area contributed by atoms with Crippen LogP contribution in [0.3, 0.4) is 0 Å². The first-order valence-corrected chi connectivity index (χ1v) is 5.10. The van der Waals surface area contributed by atoms with Gasteiger partial charge in [0.15, 0.2) is 0 Å². The molecule has 0 radical (unpaired) electrons. The first-order valence-electron chi connectivity index (χ1n) is 5.10. The van der Waals surface area contributed by atoms with Crippen molar-refractivity contribution in [3.63, 3.8) is 0 Å². The minimum atomic E-state index is 0.0463. The smallest absolute Gasteiger partial charge is 0.0540 e. The van der Waals surface area contributed by atoms with E-state index in [0.29, 0.717) is 6.04 Å². The van der Waals surface area contributed by atoms with Crippen molar-refractivity contribution in [3.05, 3.63) is 0 Å². The Bertz CT molecular complexity index is 87.8. The number of hydrogen-bond acceptors (Lipinski definition) is 2. The van der Waals surface area contributed by atoms with Crippen LogP contribution < -0.4 is 5.73 Å². The Morgan fingerprint density at radius 1 is 1.42 bits per heavy atom. The number of hydrogen-bond donors (Lipinski definition) is 2. The number of nitrogens with two attached hydrogens (primary N) is 1. The minimum Gasteiger partial charge on any atom is -0.393 e. The lowest BCUT2D eigenvalue weighted by molar-refractivity contribution is 0.183. The summed E-state index contributed by atoms with van der Waals surface area (Å²) in [6.07, 6.45) is 6.96. The maximum absolute atomic E-state index is 8.73. The van der Waals surface area contributed by atoms with Crippen molar-refractivity contribution in [2.24, 2.45) is 5.73 Å². The van der Waals surface area contributed by atoms with Gasteiger partial charge in [0, 0.05) is 6.04 Å². The number of aliphatic hydroxyl groups is 1. The van der Waals surface area contributed by atoms with E-state index in [1.54, 1.807) is 0 Å². The van der Waals surface area contributed by atoms with Crippen molar-refractivity contribution in [3.8, 4) is 0 Å². The highest BCUT2D eigenvalue weighted by Gasteiger charge is 2.09. The third kappa shape index (κ3) is 8.02. The molecule has 2 heteroatoms. The van der Waals surface area contributed by atoms with E-state index in [4.69, 9.17) is 10.8 Å². The zero-order valence-corrected chi connectivity index (χ0v) is 8.42. The molecule has 0 aromatic rings. The fourth-order valence-corrected chi connectivity index (χ4v) is 1.36. The molecule has 1 atom stereocenters. The molecule has 74 valence electrons. The fraction of sp³-hybridized carbons (Fsp3) is 1.00. The van der Waals surface area contributed by atoms with Gasteiger partial charge in [-0.05, 0) is 26.2 Å². The molecule has 1 rings (SSSR count). The molecule has 0 spiro atoms. The lowest BCUT2D eigenvalue weighted by Crippen LogP contribution is -2.13. The minimum absolute atomic E-state index is 0.0463. The van der Waals surface area contributed by atoms with Crippen molar-refractivity contribution < 1.29 is 5.11 Å². The van der Waals surface area contributed by atoms with Gasteiger partial charge in [0.25, 0.3) is 0 Å². The van der Waals surface area contributed by atoms with E-state index in [9.17, 15) is 0 Å². The topological polar surface area (TPSA) is 46.2 Å². The predicted molar refractivity (Wildman–Crippen MR) is 53.0 cm³/mol. The van der Waals surface area contributed by atoms with E-state index in [1.165, 1.54) is 19.3 Å². The van der Waals surface area contributed by atoms with Crippen LogP contribution in [0, 0.1) is 0 Å². The SMILES string of the molecule is CCCC(C)N.OC1CCCC1. The Hall–Kier alpha value is -0.0800. The highest BCUT2D eigenvalue weighted by molar-refractivity contribution is 4.63. The Balaban J connectivity index is 0.000000202. The fourth-order valence-electron chi connectivity index (χ4n) is 1.36. The van der Waals surface area contributed by atoms with Crippen LogP contribution in [0.25, 0.3) is 0 Å². The van der Waals surface area contributed by atoms with Crippen molar-refractivity contribution >= 4 is 0 Å². The molecule has 1 aliphatic rings. The number of aliphatic hydroxyl groups excluding tert-OH is 1. The summed E-state index contributed by atoms with van der Waals surface area (Å²) in [5.41, 5.74) is 5.40. The van der Waals surface area contributed by atoms with Crippen molar-refractivity contribution in [2.75, 3.05) is 0 Å². The van der Waals surface area contributed by atoms with Crippen LogP contribution in [0.1, 0.15) is 52.4 Å². The third-order valence-electron chi connectivity index (χ3n) is 2.07. The Morgan fingerprint density at radius 2 is 1.92 bits per heavy atom. The molecule has 1 aliphatic carbocycles. The Morgan fingerprint density at radius 3 is 2.00 bits per heavy atom. The zero-order valence-electron chi connectivity index (χ0n) is 8.42. The first kappa shape index (κ1) is 11.9. The highest BCUT2D eigenvalue weighted by atomic mass is 16.3. The lowest BCUT2D eigenvalue weighted by Gasteiger charge is -1.96. The second-order valence-corrected chi connectivity index (χ2v) is 3.70. The van der Waals surface area contributed by atoms with E-state index in [0.717, 1.165) is 19.3 Å². The van der Waals surface area contributed by atoms with Gasteiger partial charge in [-0.3, -0.25) is 0 Å². The summed E-state index contributed by atoms with van der Waals surface area (Å²) in [6.45, 7) is 4.17. The van der Waals surface area contributed by atoms with Gasteiger partial charge in [-0.15, -0.1) is 0 Å². The second kappa shape index (κ2) is 7.56. The average molecular weight is 173 g/mol. The second-order valence-electron chi connectivity index (χ2n) is 3.70. The van der Waals surface area contributed by atoms with E-state index in [2.05, 4.69) is 6.92 Å². The summed E-state index contributed by atoms with van der Waals surface area (Å²) in [7, 11) is 0. The molecular weight excluding hydrogens is 150 g/mol. The normalized spacial score (nSPS) is 20.0. The maximum atomic E-state index is 8.73. The molecule has 0 aromatic heterocycles. The summed E-state index contributed by atoms with van der Waals surface area (Å²) < 4.78 is 0. The largest absolute Gasteiger partial charge is 0.393 e. The quantitative estimate of drug-likeness (QED) is 0.671. The van der Waals surface area contributed by atoms with Crippen LogP contribution in [0.5, 0.6) is 0 Å². The molecule has 0 amide bonds. The van der Waals surface area contributed by atoms with E-state index in [-0.39, 0.29) is 6.10 Å². The van der Waals surface area contributed by atoms with E-state index >= 15 is 0 Å². The van der Waals surface area contributed by atoms with Gasteiger partial charge in [-0.25, -0.2) is 0 Å². The standard InChI is InChI=1S/C5H13N.C5H10O/c1-3-4-5(2)6;6-5-3-1-2-4-5/h5H,3-4,6H2,1-2H3;5-6H,1-4H2. The van der Waals surface area contributed by atoms with Gasteiger partial charge in [-0.1, -0.05) is 26.2 Å². The highest BCUT2D eigenvalue weighted by Crippen LogP contribution is 2.16. The van der Waals surface area contributed by atoms with Crippen molar-refractivity contribution in [2.45, 2.75) is 64.5 Å². The average Bonchev–Trinajstić information content (AvgIpc) is 2.40. The Labute approximate surface area is 76.2 Å². The van der Waals surface area contributed by atoms with Gasteiger partial charge in [-0.2, -0.15) is 0 Å². The molecule has 2 nitrogen and oxygen atoms in total. The first-order chi connectivity index (χ1) is 5.66. The van der Waals surface area contributed by atoms with Crippen LogP contribution in [-0.4, -0.2) is 17.3 Å². The van der Waals surface area contributed by atoms with E-state index < -0.39 is 0 Å². The molecule has 1 saturated carbocycles. The zero-order chi connectivity index (χ0) is 9.40. The van der Waals surface area contributed by atoms with Gasteiger partial charge >= 0.3 is 0 Å². The summed E-state index contributed by atoms with van der Waals surface area (Å²) in [5, 5.41) is 8.73. The molecule has 0 bridgehead atoms. The molecule has 12 heavy (non-hydrogen) atoms. The molecule has 3 N–H and O–H groups in total. The monoisotopic (exact) mass is 173 g/mol. The molecule has 0 saturated heterocycles. The molecule has 1 unspecified atom stereocenters. The van der Waals surface area contributed by atoms with Crippen LogP contribution in [0.2, 0.25) is 0 Å². The van der Waals surface area contributed by atoms with Crippen LogP contribution in [0.4, 0.5) is 0 Å². The van der Waals surface area contributed by atoms with Crippen LogP contribution >= 0.6 is 0 Å². The maximum Gasteiger partial charge on any atom is 0.0540 e. The summed E-state index contributed by atoms with van der Waals surface area (Å²) >= 11 is 0. The van der Waals surface area contributed by atoms with Crippen molar-refractivity contribution in [1.29, 1.82) is 0 Å².